The van der Waals surface area contributed by atoms with Crippen molar-refractivity contribution in [3.63, 3.8) is 0 Å². The van der Waals surface area contributed by atoms with E-state index >= 15 is 0 Å². The highest BCUT2D eigenvalue weighted by Crippen LogP contribution is 2.50. The molecule has 1 heterocycles. The van der Waals surface area contributed by atoms with E-state index in [4.69, 9.17) is 0 Å². The zero-order valence-corrected chi connectivity index (χ0v) is 10.5. The fraction of sp³-hybridized carbons (Fsp3) is 0.714. The van der Waals surface area contributed by atoms with Crippen molar-refractivity contribution >= 4 is 11.8 Å². The Morgan fingerprint density at radius 2 is 1.76 bits per heavy atom. The smallest absolute Gasteiger partial charge is 0.230 e. The highest BCUT2D eigenvalue weighted by atomic mass is 16.2. The predicted molar refractivity (Wildman–Crippen MR) is 64.0 cm³/mol. The van der Waals surface area contributed by atoms with E-state index in [1.54, 1.807) is 0 Å². The Morgan fingerprint density at radius 3 is 2.47 bits per heavy atom. The number of carbonyl (C=O) groups is 2. The van der Waals surface area contributed by atoms with Gasteiger partial charge in [0.15, 0.2) is 0 Å². The maximum atomic E-state index is 11.7. The molecule has 0 aromatic rings. The number of amides is 2. The van der Waals surface area contributed by atoms with E-state index in [-0.39, 0.29) is 29.1 Å². The monoisotopic (exact) mass is 233 g/mol. The lowest BCUT2D eigenvalue weighted by Crippen LogP contribution is -2.31. The third-order valence-electron chi connectivity index (χ3n) is 4.82. The zero-order valence-electron chi connectivity index (χ0n) is 10.5. The van der Waals surface area contributed by atoms with Gasteiger partial charge in [-0.25, -0.2) is 0 Å². The molecule has 1 fully saturated rings. The summed E-state index contributed by atoms with van der Waals surface area (Å²) in [5, 5.41) is 2.49. The van der Waals surface area contributed by atoms with Crippen molar-refractivity contribution in [2.24, 2.45) is 17.3 Å². The number of carbonyl (C=O) groups excluding carboxylic acids is 2. The van der Waals surface area contributed by atoms with Gasteiger partial charge in [0.25, 0.3) is 0 Å². The highest BCUT2D eigenvalue weighted by Gasteiger charge is 2.47. The Labute approximate surface area is 102 Å². The lowest BCUT2D eigenvalue weighted by molar-refractivity contribution is -0.126. The molecule has 3 rings (SSSR count). The van der Waals surface area contributed by atoms with Gasteiger partial charge in [-0.2, -0.15) is 0 Å². The number of hydrogen-bond donors (Lipinski definition) is 1. The Bertz CT molecular complexity index is 434. The molecule has 2 aliphatic carbocycles. The molecule has 0 aromatic carbocycles. The van der Waals surface area contributed by atoms with Crippen LogP contribution < -0.4 is 5.32 Å². The average molecular weight is 233 g/mol. The van der Waals surface area contributed by atoms with E-state index in [0.717, 1.165) is 19.3 Å². The van der Waals surface area contributed by atoms with Crippen molar-refractivity contribution in [3.8, 4) is 0 Å². The standard InChI is InChI=1S/C14H19NO2/c1-14(2)5-3-4-8-6-9-10(7-11(8)14)13(17)15-12(9)16/h9-10H,3-7H2,1-2H3,(H,15,16,17)/t9-,10-/m1/s1. The Hall–Kier alpha value is -1.12. The van der Waals surface area contributed by atoms with Gasteiger partial charge in [0.1, 0.15) is 0 Å². The van der Waals surface area contributed by atoms with Gasteiger partial charge < -0.3 is 0 Å². The summed E-state index contributed by atoms with van der Waals surface area (Å²) in [5.74, 6) is -0.253. The summed E-state index contributed by atoms with van der Waals surface area (Å²) >= 11 is 0. The minimum absolute atomic E-state index is 0.0464. The van der Waals surface area contributed by atoms with E-state index < -0.39 is 0 Å². The molecule has 0 spiro atoms. The molecule has 92 valence electrons. The van der Waals surface area contributed by atoms with Crippen LogP contribution >= 0.6 is 0 Å². The molecular formula is C14H19NO2. The van der Waals surface area contributed by atoms with Crippen LogP contribution in [0, 0.1) is 17.3 Å². The Morgan fingerprint density at radius 1 is 1.12 bits per heavy atom. The summed E-state index contributed by atoms with van der Waals surface area (Å²) in [6.07, 6.45) is 5.19. The van der Waals surface area contributed by atoms with Crippen LogP contribution in [0.15, 0.2) is 11.1 Å². The van der Waals surface area contributed by atoms with Gasteiger partial charge in [-0.3, -0.25) is 14.9 Å². The van der Waals surface area contributed by atoms with Gasteiger partial charge in [-0.1, -0.05) is 25.0 Å². The SMILES string of the molecule is CC1(C)CCCC2=C1C[C@H]1C(=O)NC(=O)[C@@H]1C2. The molecule has 2 atom stereocenters. The van der Waals surface area contributed by atoms with Gasteiger partial charge in [0, 0.05) is 0 Å². The van der Waals surface area contributed by atoms with Crippen LogP contribution in [-0.2, 0) is 9.59 Å². The van der Waals surface area contributed by atoms with Gasteiger partial charge in [-0.05, 0) is 37.5 Å². The number of allylic oxidation sites excluding steroid dienone is 2. The summed E-state index contributed by atoms with van der Waals surface area (Å²) in [5.41, 5.74) is 3.16. The number of fused-ring (bicyclic) bond motifs is 1. The first-order chi connectivity index (χ1) is 7.99. The summed E-state index contributed by atoms with van der Waals surface area (Å²) in [6.45, 7) is 4.55. The fourth-order valence-electron chi connectivity index (χ4n) is 3.80. The molecule has 3 heteroatoms. The summed E-state index contributed by atoms with van der Waals surface area (Å²) in [7, 11) is 0. The summed E-state index contributed by atoms with van der Waals surface area (Å²) in [6, 6.07) is 0. The molecule has 1 saturated heterocycles. The van der Waals surface area contributed by atoms with E-state index in [9.17, 15) is 9.59 Å². The molecular weight excluding hydrogens is 214 g/mol. The summed E-state index contributed by atoms with van der Waals surface area (Å²) < 4.78 is 0. The van der Waals surface area contributed by atoms with Crippen LogP contribution in [0.3, 0.4) is 0 Å². The van der Waals surface area contributed by atoms with Gasteiger partial charge in [0.2, 0.25) is 11.8 Å². The van der Waals surface area contributed by atoms with Crippen LogP contribution in [0.25, 0.3) is 0 Å². The van der Waals surface area contributed by atoms with E-state index in [1.165, 1.54) is 24.0 Å². The van der Waals surface area contributed by atoms with E-state index in [0.29, 0.717) is 0 Å². The average Bonchev–Trinajstić information content (AvgIpc) is 2.53. The summed E-state index contributed by atoms with van der Waals surface area (Å²) in [4.78, 5) is 23.5. The largest absolute Gasteiger partial charge is 0.296 e. The molecule has 0 aromatic heterocycles. The molecule has 3 aliphatic rings. The predicted octanol–water partition coefficient (Wildman–Crippen LogP) is 2.18. The lowest BCUT2D eigenvalue weighted by Gasteiger charge is -2.40. The minimum Gasteiger partial charge on any atom is -0.296 e. The lowest BCUT2D eigenvalue weighted by atomic mass is 9.63. The van der Waals surface area contributed by atoms with Crippen molar-refractivity contribution in [1.29, 1.82) is 0 Å². The zero-order chi connectivity index (χ0) is 12.2. The van der Waals surface area contributed by atoms with Gasteiger partial charge in [0.05, 0.1) is 11.8 Å². The van der Waals surface area contributed by atoms with E-state index in [2.05, 4.69) is 19.2 Å². The van der Waals surface area contributed by atoms with Crippen LogP contribution in [0.2, 0.25) is 0 Å². The van der Waals surface area contributed by atoms with Crippen LogP contribution in [-0.4, -0.2) is 11.8 Å². The maximum absolute atomic E-state index is 11.7. The second kappa shape index (κ2) is 3.44. The molecule has 0 unspecified atom stereocenters. The molecule has 1 N–H and O–H groups in total. The number of hydrogen-bond acceptors (Lipinski definition) is 2. The van der Waals surface area contributed by atoms with Crippen molar-refractivity contribution < 1.29 is 9.59 Å². The normalized spacial score (nSPS) is 35.4. The van der Waals surface area contributed by atoms with Crippen molar-refractivity contribution in [2.75, 3.05) is 0 Å². The second-order valence-electron chi connectivity index (χ2n) is 6.29. The van der Waals surface area contributed by atoms with Gasteiger partial charge >= 0.3 is 0 Å². The minimum atomic E-state index is -0.0846. The van der Waals surface area contributed by atoms with Crippen molar-refractivity contribution in [3.05, 3.63) is 11.1 Å². The maximum Gasteiger partial charge on any atom is 0.230 e. The van der Waals surface area contributed by atoms with Crippen LogP contribution in [0.5, 0.6) is 0 Å². The molecule has 2 amide bonds. The number of imide groups is 1. The molecule has 0 radical (unpaired) electrons. The van der Waals surface area contributed by atoms with E-state index in [1.807, 2.05) is 0 Å². The highest BCUT2D eigenvalue weighted by molar-refractivity contribution is 6.05. The first-order valence-corrected chi connectivity index (χ1v) is 6.55. The molecule has 3 nitrogen and oxygen atoms in total. The molecule has 0 bridgehead atoms. The quantitative estimate of drug-likeness (QED) is 0.515. The second-order valence-corrected chi connectivity index (χ2v) is 6.29. The van der Waals surface area contributed by atoms with Crippen LogP contribution in [0.4, 0.5) is 0 Å². The molecule has 17 heavy (non-hydrogen) atoms. The third kappa shape index (κ3) is 1.55. The number of nitrogens with one attached hydrogen (secondary N) is 1. The fourth-order valence-corrected chi connectivity index (χ4v) is 3.80. The van der Waals surface area contributed by atoms with Gasteiger partial charge in [-0.15, -0.1) is 0 Å². The third-order valence-corrected chi connectivity index (χ3v) is 4.82. The molecule has 0 saturated carbocycles. The van der Waals surface area contributed by atoms with Crippen molar-refractivity contribution in [2.45, 2.75) is 46.0 Å². The Kier molecular flexibility index (Phi) is 2.22. The first kappa shape index (κ1) is 11.0. The first-order valence-electron chi connectivity index (χ1n) is 6.55. The van der Waals surface area contributed by atoms with Crippen molar-refractivity contribution in [1.82, 2.24) is 5.32 Å². The van der Waals surface area contributed by atoms with Crippen LogP contribution in [0.1, 0.15) is 46.0 Å². The topological polar surface area (TPSA) is 46.2 Å². The number of rotatable bonds is 0. The Balaban J connectivity index is 1.98. The molecule has 1 aliphatic heterocycles.